The van der Waals surface area contributed by atoms with E-state index >= 15 is 0 Å². The molecule has 22 heavy (non-hydrogen) atoms. The van der Waals surface area contributed by atoms with Crippen LogP contribution in [0.1, 0.15) is 35.6 Å². The van der Waals surface area contributed by atoms with Crippen molar-refractivity contribution in [1.82, 2.24) is 0 Å². The van der Waals surface area contributed by atoms with Crippen molar-refractivity contribution in [2.24, 2.45) is 0 Å². The first-order valence-electron chi connectivity index (χ1n) is 8.38. The van der Waals surface area contributed by atoms with E-state index in [-0.39, 0.29) is 0 Å². The number of fused-ring (bicyclic) bond motifs is 2. The Hall–Kier alpha value is -1.69. The fourth-order valence-corrected chi connectivity index (χ4v) is 3.79. The maximum atomic E-state index is 2.40. The number of aryl methyl sites for hydroxylation is 3. The maximum Gasteiger partial charge on any atom is 0.140 e. The highest BCUT2D eigenvalue weighted by Gasteiger charge is 2.12. The summed E-state index contributed by atoms with van der Waals surface area (Å²) in [6, 6.07) is 9.36. The molecular formula is C20H24B2. The minimum absolute atomic E-state index is 1.17. The van der Waals surface area contributed by atoms with Gasteiger partial charge in [0.2, 0.25) is 0 Å². The zero-order chi connectivity index (χ0) is 16.0. The van der Waals surface area contributed by atoms with Crippen molar-refractivity contribution in [2.75, 3.05) is 0 Å². The molecule has 2 heteroatoms. The fourth-order valence-electron chi connectivity index (χ4n) is 3.79. The van der Waals surface area contributed by atoms with Crippen LogP contribution in [-0.2, 0) is 6.42 Å². The normalized spacial score (nSPS) is 11.5. The summed E-state index contributed by atoms with van der Waals surface area (Å²) in [6.45, 7) is 9.02. The molecule has 0 heterocycles. The molecule has 0 bridgehead atoms. The molecule has 0 aliphatic rings. The molecule has 0 aliphatic heterocycles. The molecule has 3 rings (SSSR count). The van der Waals surface area contributed by atoms with Crippen LogP contribution >= 0.6 is 0 Å². The summed E-state index contributed by atoms with van der Waals surface area (Å²) in [4.78, 5) is 0. The van der Waals surface area contributed by atoms with Crippen LogP contribution in [0.2, 0.25) is 0 Å². The minimum Gasteiger partial charge on any atom is -0.0852 e. The molecule has 0 aliphatic carbocycles. The zero-order valence-electron chi connectivity index (χ0n) is 14.7. The van der Waals surface area contributed by atoms with Gasteiger partial charge in [0.25, 0.3) is 0 Å². The third-order valence-corrected chi connectivity index (χ3v) is 5.37. The Kier molecular flexibility index (Phi) is 3.80. The van der Waals surface area contributed by atoms with Crippen LogP contribution in [-0.4, -0.2) is 15.7 Å². The molecule has 3 aromatic rings. The minimum atomic E-state index is 1.17. The quantitative estimate of drug-likeness (QED) is 0.501. The monoisotopic (exact) mass is 286 g/mol. The van der Waals surface area contributed by atoms with Gasteiger partial charge in [-0.3, -0.25) is 0 Å². The van der Waals surface area contributed by atoms with Crippen LogP contribution in [0.3, 0.4) is 0 Å². The molecule has 0 spiro atoms. The van der Waals surface area contributed by atoms with E-state index in [4.69, 9.17) is 0 Å². The smallest absolute Gasteiger partial charge is 0.0852 e. The van der Waals surface area contributed by atoms with Crippen molar-refractivity contribution in [3.63, 3.8) is 0 Å². The first-order chi connectivity index (χ1) is 10.5. The van der Waals surface area contributed by atoms with Crippen LogP contribution in [0.4, 0.5) is 0 Å². The topological polar surface area (TPSA) is 0 Å². The second kappa shape index (κ2) is 5.50. The Bertz CT molecular complexity index is 892. The van der Waals surface area contributed by atoms with Gasteiger partial charge in [0.05, 0.1) is 0 Å². The van der Waals surface area contributed by atoms with Gasteiger partial charge in [0.1, 0.15) is 15.7 Å². The largest absolute Gasteiger partial charge is 0.140 e. The Morgan fingerprint density at radius 3 is 2.32 bits per heavy atom. The van der Waals surface area contributed by atoms with Crippen molar-refractivity contribution in [2.45, 2.75) is 40.5 Å². The van der Waals surface area contributed by atoms with Crippen molar-refractivity contribution in [3.8, 4) is 0 Å². The lowest BCUT2D eigenvalue weighted by Gasteiger charge is -2.18. The second-order valence-corrected chi connectivity index (χ2v) is 6.75. The molecule has 0 fully saturated rings. The van der Waals surface area contributed by atoms with E-state index < -0.39 is 0 Å². The Labute approximate surface area is 135 Å². The molecule has 0 atom stereocenters. The van der Waals surface area contributed by atoms with Crippen molar-refractivity contribution < 1.29 is 0 Å². The number of hydrogen-bond acceptors (Lipinski definition) is 0. The summed E-state index contributed by atoms with van der Waals surface area (Å²) in [5.41, 5.74) is 8.67. The molecule has 0 nitrogen and oxygen atoms in total. The van der Waals surface area contributed by atoms with Crippen LogP contribution < -0.4 is 10.9 Å². The van der Waals surface area contributed by atoms with Gasteiger partial charge in [0, 0.05) is 0 Å². The van der Waals surface area contributed by atoms with Crippen molar-refractivity contribution >= 4 is 48.2 Å². The molecule has 0 saturated carbocycles. The average molecular weight is 286 g/mol. The van der Waals surface area contributed by atoms with Gasteiger partial charge < -0.3 is 0 Å². The van der Waals surface area contributed by atoms with Gasteiger partial charge in [-0.25, -0.2) is 0 Å². The van der Waals surface area contributed by atoms with Crippen LogP contribution in [0.15, 0.2) is 24.3 Å². The number of benzene rings is 3. The van der Waals surface area contributed by atoms with Gasteiger partial charge in [-0.1, -0.05) is 48.0 Å². The average Bonchev–Trinajstić information content (AvgIpc) is 2.49. The third kappa shape index (κ3) is 2.17. The third-order valence-electron chi connectivity index (χ3n) is 5.37. The lowest BCUT2D eigenvalue weighted by Crippen LogP contribution is -2.16. The fraction of sp³-hybridized carbons (Fsp3) is 0.300. The van der Waals surface area contributed by atoms with Gasteiger partial charge in [-0.05, 0) is 71.5 Å². The number of hydrogen-bond donors (Lipinski definition) is 0. The lowest BCUT2D eigenvalue weighted by atomic mass is 9.77. The highest BCUT2D eigenvalue weighted by molar-refractivity contribution is 6.47. The van der Waals surface area contributed by atoms with Gasteiger partial charge in [0.15, 0.2) is 0 Å². The van der Waals surface area contributed by atoms with Crippen LogP contribution in [0.5, 0.6) is 0 Å². The summed E-state index contributed by atoms with van der Waals surface area (Å²) < 4.78 is 0. The summed E-state index contributed by atoms with van der Waals surface area (Å²) in [5, 5.41) is 5.72. The molecular weight excluding hydrogens is 262 g/mol. The van der Waals surface area contributed by atoms with E-state index in [0.717, 1.165) is 0 Å². The highest BCUT2D eigenvalue weighted by Crippen LogP contribution is 2.28. The molecule has 0 radical (unpaired) electrons. The predicted molar refractivity (Wildman–Crippen MR) is 106 cm³/mol. The van der Waals surface area contributed by atoms with Crippen LogP contribution in [0.25, 0.3) is 21.5 Å². The Morgan fingerprint density at radius 1 is 0.909 bits per heavy atom. The van der Waals surface area contributed by atoms with E-state index in [1.54, 1.807) is 0 Å². The second-order valence-electron chi connectivity index (χ2n) is 6.75. The first kappa shape index (κ1) is 15.2. The Balaban J connectivity index is 2.53. The molecule has 3 aromatic carbocycles. The van der Waals surface area contributed by atoms with Crippen molar-refractivity contribution in [1.29, 1.82) is 0 Å². The van der Waals surface area contributed by atoms with Crippen molar-refractivity contribution in [3.05, 3.63) is 46.5 Å². The summed E-state index contributed by atoms with van der Waals surface area (Å²) in [7, 11) is 4.53. The summed E-state index contributed by atoms with van der Waals surface area (Å²) in [5.74, 6) is 0. The Morgan fingerprint density at radius 2 is 1.64 bits per heavy atom. The van der Waals surface area contributed by atoms with E-state index in [1.807, 2.05) is 0 Å². The molecule has 0 N–H and O–H groups in total. The van der Waals surface area contributed by atoms with Crippen LogP contribution in [0, 0.1) is 20.8 Å². The van der Waals surface area contributed by atoms with Gasteiger partial charge >= 0.3 is 0 Å². The summed E-state index contributed by atoms with van der Waals surface area (Å²) in [6.07, 6.45) is 2.36. The van der Waals surface area contributed by atoms with E-state index in [1.165, 1.54) is 67.6 Å². The van der Waals surface area contributed by atoms with E-state index in [0.29, 0.717) is 0 Å². The zero-order valence-corrected chi connectivity index (χ0v) is 14.7. The first-order valence-corrected chi connectivity index (χ1v) is 8.38. The van der Waals surface area contributed by atoms with E-state index in [2.05, 4.69) is 67.7 Å². The highest BCUT2D eigenvalue weighted by atomic mass is 14.1. The predicted octanol–water partition coefficient (Wildman–Crippen LogP) is 2.39. The molecule has 0 saturated heterocycles. The molecule has 0 unspecified atom stereocenters. The summed E-state index contributed by atoms with van der Waals surface area (Å²) >= 11 is 0. The molecule has 110 valence electrons. The van der Waals surface area contributed by atoms with E-state index in [9.17, 15) is 0 Å². The number of rotatable bonds is 2. The standard InChI is InChI=1S/C20H24B2/c1-5-6-15-11(2)7-8-14-9-16-12(3)13(4)18(21)10-17(16)20(22)19(14)15/h7-10H,5-6,21-22H2,1-4H3. The molecule has 0 aromatic heterocycles. The SMILES string of the molecule is Bc1cc2c(B)c3c(CCC)c(C)ccc3cc2c(C)c1C. The molecule has 0 amide bonds. The lowest BCUT2D eigenvalue weighted by molar-refractivity contribution is 0.922. The maximum absolute atomic E-state index is 2.40. The van der Waals surface area contributed by atoms with Gasteiger partial charge in [-0.15, -0.1) is 0 Å². The van der Waals surface area contributed by atoms with Gasteiger partial charge in [-0.2, -0.15) is 0 Å².